The summed E-state index contributed by atoms with van der Waals surface area (Å²) in [5.41, 5.74) is 2.99. The Morgan fingerprint density at radius 3 is 2.82 bits per heavy atom. The van der Waals surface area contributed by atoms with Crippen LogP contribution in [0.5, 0.6) is 0 Å². The molecule has 0 radical (unpaired) electrons. The number of benzene rings is 1. The van der Waals surface area contributed by atoms with Gasteiger partial charge in [-0.2, -0.15) is 5.26 Å². The van der Waals surface area contributed by atoms with Crippen molar-refractivity contribution in [1.82, 2.24) is 14.5 Å². The van der Waals surface area contributed by atoms with E-state index < -0.39 is 0 Å². The van der Waals surface area contributed by atoms with E-state index in [-0.39, 0.29) is 0 Å². The molecule has 17 heavy (non-hydrogen) atoms. The number of nitriles is 1. The smallest absolute Gasteiger partial charge is 0.164 e. The summed E-state index contributed by atoms with van der Waals surface area (Å²) in [6.07, 6.45) is 3.41. The predicted octanol–water partition coefficient (Wildman–Crippen LogP) is 2.29. The largest absolute Gasteiger partial charge is 0.282 e. The number of imidazole rings is 1. The SMILES string of the molecule is N#Cc1ccccc1-n1cnc2cccnc21. The van der Waals surface area contributed by atoms with E-state index in [2.05, 4.69) is 16.0 Å². The Bertz CT molecular complexity index is 721. The molecule has 0 saturated carbocycles. The third-order valence-electron chi connectivity index (χ3n) is 2.59. The zero-order chi connectivity index (χ0) is 11.7. The zero-order valence-corrected chi connectivity index (χ0v) is 8.91. The average Bonchev–Trinajstić information content (AvgIpc) is 2.82. The highest BCUT2D eigenvalue weighted by molar-refractivity contribution is 5.73. The summed E-state index contributed by atoms with van der Waals surface area (Å²) in [7, 11) is 0. The Hall–Kier alpha value is -2.67. The molecule has 0 aliphatic rings. The highest BCUT2D eigenvalue weighted by Gasteiger charge is 2.08. The van der Waals surface area contributed by atoms with Crippen molar-refractivity contribution < 1.29 is 0 Å². The molecular weight excluding hydrogens is 212 g/mol. The minimum Gasteiger partial charge on any atom is -0.282 e. The van der Waals surface area contributed by atoms with E-state index in [9.17, 15) is 0 Å². The Balaban J connectivity index is 2.32. The summed E-state index contributed by atoms with van der Waals surface area (Å²) in [6.45, 7) is 0. The Morgan fingerprint density at radius 1 is 1.06 bits per heavy atom. The average molecular weight is 220 g/mol. The van der Waals surface area contributed by atoms with E-state index in [4.69, 9.17) is 5.26 Å². The monoisotopic (exact) mass is 220 g/mol. The van der Waals surface area contributed by atoms with Gasteiger partial charge in [-0.05, 0) is 24.3 Å². The van der Waals surface area contributed by atoms with Crippen molar-refractivity contribution in [2.24, 2.45) is 0 Å². The molecule has 0 atom stereocenters. The number of aromatic nitrogens is 3. The van der Waals surface area contributed by atoms with Gasteiger partial charge in [-0.15, -0.1) is 0 Å². The number of fused-ring (bicyclic) bond motifs is 1. The molecule has 3 aromatic rings. The van der Waals surface area contributed by atoms with Gasteiger partial charge in [0, 0.05) is 6.20 Å². The third-order valence-corrected chi connectivity index (χ3v) is 2.59. The number of para-hydroxylation sites is 1. The summed E-state index contributed by atoms with van der Waals surface area (Å²) in [4.78, 5) is 8.55. The normalized spacial score (nSPS) is 10.3. The summed E-state index contributed by atoms with van der Waals surface area (Å²) < 4.78 is 1.83. The van der Waals surface area contributed by atoms with Gasteiger partial charge < -0.3 is 0 Å². The lowest BCUT2D eigenvalue weighted by molar-refractivity contribution is 1.06. The number of nitrogens with zero attached hydrogens (tertiary/aromatic N) is 4. The minimum absolute atomic E-state index is 0.609. The summed E-state index contributed by atoms with van der Waals surface area (Å²) in [5, 5.41) is 9.09. The van der Waals surface area contributed by atoms with E-state index in [0.29, 0.717) is 5.56 Å². The second-order valence-electron chi connectivity index (χ2n) is 3.59. The first-order valence-electron chi connectivity index (χ1n) is 5.18. The lowest BCUT2D eigenvalue weighted by atomic mass is 10.2. The van der Waals surface area contributed by atoms with Gasteiger partial charge in [0.05, 0.1) is 11.3 Å². The number of hydrogen-bond acceptors (Lipinski definition) is 3. The maximum Gasteiger partial charge on any atom is 0.164 e. The van der Waals surface area contributed by atoms with Crippen molar-refractivity contribution in [3.63, 3.8) is 0 Å². The second-order valence-corrected chi connectivity index (χ2v) is 3.59. The quantitative estimate of drug-likeness (QED) is 0.632. The van der Waals surface area contributed by atoms with Gasteiger partial charge in [-0.3, -0.25) is 4.57 Å². The number of rotatable bonds is 1. The van der Waals surface area contributed by atoms with Crippen molar-refractivity contribution >= 4 is 11.2 Å². The van der Waals surface area contributed by atoms with Gasteiger partial charge in [0.25, 0.3) is 0 Å². The molecular formula is C13H8N4. The van der Waals surface area contributed by atoms with E-state index in [0.717, 1.165) is 16.9 Å². The van der Waals surface area contributed by atoms with E-state index >= 15 is 0 Å². The van der Waals surface area contributed by atoms with Crippen LogP contribution in [0.4, 0.5) is 0 Å². The van der Waals surface area contributed by atoms with Crippen LogP contribution in [-0.4, -0.2) is 14.5 Å². The molecule has 0 spiro atoms. The molecule has 0 fully saturated rings. The van der Waals surface area contributed by atoms with Crippen molar-refractivity contribution in [1.29, 1.82) is 5.26 Å². The van der Waals surface area contributed by atoms with Gasteiger partial charge in [0.1, 0.15) is 17.9 Å². The van der Waals surface area contributed by atoms with Gasteiger partial charge in [0.15, 0.2) is 5.65 Å². The first kappa shape index (κ1) is 9.55. The van der Waals surface area contributed by atoms with Crippen LogP contribution in [0.2, 0.25) is 0 Å². The minimum atomic E-state index is 0.609. The summed E-state index contributed by atoms with van der Waals surface area (Å²) in [5.74, 6) is 0. The molecule has 0 aliphatic carbocycles. The maximum atomic E-state index is 9.09. The fourth-order valence-corrected chi connectivity index (χ4v) is 1.80. The summed E-state index contributed by atoms with van der Waals surface area (Å²) >= 11 is 0. The summed E-state index contributed by atoms with van der Waals surface area (Å²) in [6, 6.07) is 13.3. The van der Waals surface area contributed by atoms with Crippen molar-refractivity contribution in [3.05, 3.63) is 54.5 Å². The van der Waals surface area contributed by atoms with Crippen LogP contribution >= 0.6 is 0 Å². The van der Waals surface area contributed by atoms with Gasteiger partial charge in [0.2, 0.25) is 0 Å². The van der Waals surface area contributed by atoms with E-state index in [1.807, 2.05) is 34.9 Å². The van der Waals surface area contributed by atoms with Gasteiger partial charge in [-0.25, -0.2) is 9.97 Å². The Morgan fingerprint density at radius 2 is 1.94 bits per heavy atom. The molecule has 3 rings (SSSR count). The van der Waals surface area contributed by atoms with Crippen molar-refractivity contribution in [2.45, 2.75) is 0 Å². The topological polar surface area (TPSA) is 54.5 Å². The lowest BCUT2D eigenvalue weighted by Gasteiger charge is -2.04. The fourth-order valence-electron chi connectivity index (χ4n) is 1.80. The maximum absolute atomic E-state index is 9.09. The molecule has 0 N–H and O–H groups in total. The van der Waals surface area contributed by atoms with Crippen LogP contribution < -0.4 is 0 Å². The fraction of sp³-hybridized carbons (Fsp3) is 0. The molecule has 0 amide bonds. The Kier molecular flexibility index (Phi) is 2.09. The van der Waals surface area contributed by atoms with Crippen LogP contribution in [0.25, 0.3) is 16.9 Å². The molecule has 0 bridgehead atoms. The van der Waals surface area contributed by atoms with Crippen LogP contribution in [-0.2, 0) is 0 Å². The highest BCUT2D eigenvalue weighted by Crippen LogP contribution is 2.18. The molecule has 80 valence electrons. The van der Waals surface area contributed by atoms with Crippen LogP contribution in [0.3, 0.4) is 0 Å². The first-order chi connectivity index (χ1) is 8.40. The number of hydrogen-bond donors (Lipinski definition) is 0. The van der Waals surface area contributed by atoms with Crippen LogP contribution in [0.15, 0.2) is 48.9 Å². The van der Waals surface area contributed by atoms with Crippen LogP contribution in [0, 0.1) is 11.3 Å². The van der Waals surface area contributed by atoms with E-state index in [1.165, 1.54) is 0 Å². The standard InChI is InChI=1S/C13H8N4/c14-8-10-4-1-2-6-12(10)17-9-16-11-5-3-7-15-13(11)17/h1-7,9H. The number of pyridine rings is 1. The van der Waals surface area contributed by atoms with E-state index in [1.54, 1.807) is 18.6 Å². The molecule has 0 unspecified atom stereocenters. The predicted molar refractivity (Wildman–Crippen MR) is 63.6 cm³/mol. The lowest BCUT2D eigenvalue weighted by Crippen LogP contribution is -1.96. The van der Waals surface area contributed by atoms with Crippen molar-refractivity contribution in [3.8, 4) is 11.8 Å². The molecule has 2 aromatic heterocycles. The van der Waals surface area contributed by atoms with Gasteiger partial charge >= 0.3 is 0 Å². The van der Waals surface area contributed by atoms with Crippen molar-refractivity contribution in [2.75, 3.05) is 0 Å². The molecule has 4 nitrogen and oxygen atoms in total. The first-order valence-corrected chi connectivity index (χ1v) is 5.18. The zero-order valence-electron chi connectivity index (χ0n) is 8.91. The molecule has 1 aromatic carbocycles. The molecule has 0 aliphatic heterocycles. The molecule has 0 saturated heterocycles. The van der Waals surface area contributed by atoms with Crippen LogP contribution in [0.1, 0.15) is 5.56 Å². The second kappa shape index (κ2) is 3.72. The highest BCUT2D eigenvalue weighted by atomic mass is 15.1. The molecule has 2 heterocycles. The molecule has 4 heteroatoms. The van der Waals surface area contributed by atoms with Gasteiger partial charge in [-0.1, -0.05) is 12.1 Å². The Labute approximate surface area is 97.8 Å². The third kappa shape index (κ3) is 1.45.